The maximum Gasteiger partial charge on any atom is 0.0333 e. The van der Waals surface area contributed by atoms with Crippen LogP contribution in [-0.4, -0.2) is 37.6 Å². The monoisotopic (exact) mass is 273 g/mol. The van der Waals surface area contributed by atoms with E-state index in [1.54, 1.807) is 0 Å². The zero-order chi connectivity index (χ0) is 14.0. The first kappa shape index (κ1) is 14.1. The molecule has 3 heteroatoms. The topological polar surface area (TPSA) is 41.3 Å². The Kier molecular flexibility index (Phi) is 4.11. The molecule has 1 aromatic carbocycles. The van der Waals surface area contributed by atoms with Gasteiger partial charge in [-0.3, -0.25) is 0 Å². The van der Waals surface area contributed by atoms with Crippen LogP contribution in [0.25, 0.3) is 0 Å². The van der Waals surface area contributed by atoms with Crippen molar-refractivity contribution in [1.82, 2.24) is 10.2 Å². The fourth-order valence-corrected chi connectivity index (χ4v) is 3.57. The van der Waals surface area contributed by atoms with Crippen molar-refractivity contribution in [1.29, 1.82) is 0 Å². The van der Waals surface area contributed by atoms with Crippen molar-refractivity contribution in [3.63, 3.8) is 0 Å². The Morgan fingerprint density at radius 3 is 2.40 bits per heavy atom. The summed E-state index contributed by atoms with van der Waals surface area (Å²) in [7, 11) is 0. The first-order valence-electron chi connectivity index (χ1n) is 7.92. The Morgan fingerprint density at radius 1 is 1.20 bits per heavy atom. The molecule has 2 heterocycles. The number of rotatable bonds is 4. The minimum Gasteiger partial charge on any atom is -0.324 e. The first-order valence-corrected chi connectivity index (χ1v) is 7.92. The minimum atomic E-state index is 0.150. The molecule has 3 N–H and O–H groups in total. The van der Waals surface area contributed by atoms with E-state index in [4.69, 9.17) is 5.73 Å². The average Bonchev–Trinajstić information content (AvgIpc) is 2.46. The van der Waals surface area contributed by atoms with Gasteiger partial charge < -0.3 is 16.0 Å². The number of piperidine rings is 1. The van der Waals surface area contributed by atoms with Crippen LogP contribution >= 0.6 is 0 Å². The van der Waals surface area contributed by atoms with Crippen LogP contribution in [0.1, 0.15) is 31.4 Å². The van der Waals surface area contributed by atoms with Gasteiger partial charge in [0.15, 0.2) is 0 Å². The molecule has 0 bridgehead atoms. The number of nitrogens with zero attached hydrogens (tertiary/aromatic N) is 1. The number of hydrogen-bond acceptors (Lipinski definition) is 3. The van der Waals surface area contributed by atoms with Crippen molar-refractivity contribution in [2.75, 3.05) is 32.7 Å². The van der Waals surface area contributed by atoms with Crippen LogP contribution in [0.5, 0.6) is 0 Å². The summed E-state index contributed by atoms with van der Waals surface area (Å²) >= 11 is 0. The summed E-state index contributed by atoms with van der Waals surface area (Å²) in [5.74, 6) is 0.506. The Labute approximate surface area is 122 Å². The summed E-state index contributed by atoms with van der Waals surface area (Å²) in [6.07, 6.45) is 2.71. The molecule has 2 aliphatic rings. The quantitative estimate of drug-likeness (QED) is 0.882. The second kappa shape index (κ2) is 5.84. The van der Waals surface area contributed by atoms with Gasteiger partial charge in [0.05, 0.1) is 0 Å². The maximum absolute atomic E-state index is 6.41. The zero-order valence-corrected chi connectivity index (χ0v) is 12.5. The molecule has 3 rings (SSSR count). The predicted octanol–water partition coefficient (Wildman–Crippen LogP) is 2.01. The van der Waals surface area contributed by atoms with E-state index in [1.807, 2.05) is 0 Å². The highest BCUT2D eigenvalue weighted by Gasteiger charge is 2.39. The van der Waals surface area contributed by atoms with E-state index in [-0.39, 0.29) is 6.04 Å². The van der Waals surface area contributed by atoms with E-state index in [1.165, 1.54) is 44.6 Å². The highest BCUT2D eigenvalue weighted by Crippen LogP contribution is 2.35. The van der Waals surface area contributed by atoms with Gasteiger partial charge in [0.25, 0.3) is 0 Å². The van der Waals surface area contributed by atoms with Crippen LogP contribution in [-0.2, 0) is 0 Å². The largest absolute Gasteiger partial charge is 0.324 e. The van der Waals surface area contributed by atoms with Gasteiger partial charge in [-0.25, -0.2) is 0 Å². The molecule has 20 heavy (non-hydrogen) atoms. The molecule has 1 spiro atoms. The molecule has 0 unspecified atom stereocenters. The zero-order valence-electron chi connectivity index (χ0n) is 12.5. The highest BCUT2D eigenvalue weighted by molar-refractivity contribution is 5.19. The van der Waals surface area contributed by atoms with Gasteiger partial charge in [-0.1, -0.05) is 37.3 Å². The van der Waals surface area contributed by atoms with Crippen molar-refractivity contribution in [2.24, 2.45) is 17.1 Å². The Bertz CT molecular complexity index is 417. The van der Waals surface area contributed by atoms with Crippen molar-refractivity contribution >= 4 is 0 Å². The molecule has 2 saturated heterocycles. The lowest BCUT2D eigenvalue weighted by molar-refractivity contribution is 0.0476. The predicted molar refractivity (Wildman–Crippen MR) is 83.5 cm³/mol. The van der Waals surface area contributed by atoms with Gasteiger partial charge in [-0.15, -0.1) is 0 Å². The molecule has 2 atom stereocenters. The normalized spacial score (nSPS) is 25.1. The van der Waals surface area contributed by atoms with E-state index in [9.17, 15) is 0 Å². The number of likely N-dealkylation sites (tertiary alicyclic amines) is 1. The summed E-state index contributed by atoms with van der Waals surface area (Å²) in [4.78, 5) is 2.61. The fourth-order valence-electron chi connectivity index (χ4n) is 3.57. The maximum atomic E-state index is 6.41. The number of benzene rings is 1. The molecule has 0 radical (unpaired) electrons. The van der Waals surface area contributed by atoms with Crippen molar-refractivity contribution in [2.45, 2.75) is 25.8 Å². The summed E-state index contributed by atoms with van der Waals surface area (Å²) in [5.41, 5.74) is 8.31. The van der Waals surface area contributed by atoms with Gasteiger partial charge in [0.1, 0.15) is 0 Å². The molecule has 2 fully saturated rings. The third-order valence-electron chi connectivity index (χ3n) is 5.26. The van der Waals surface area contributed by atoms with Gasteiger partial charge in [-0.2, -0.15) is 0 Å². The Hall–Kier alpha value is -0.900. The molecule has 0 saturated carbocycles. The fraction of sp³-hybridized carbons (Fsp3) is 0.647. The van der Waals surface area contributed by atoms with Crippen LogP contribution < -0.4 is 11.1 Å². The van der Waals surface area contributed by atoms with Crippen LogP contribution in [0.4, 0.5) is 0 Å². The molecule has 110 valence electrons. The van der Waals surface area contributed by atoms with Crippen molar-refractivity contribution in [3.05, 3.63) is 35.9 Å². The smallest absolute Gasteiger partial charge is 0.0333 e. The molecule has 3 nitrogen and oxygen atoms in total. The SMILES string of the molecule is C[C@@H](CN1CCC2(CC1)CNC2)[C@@H](N)c1ccccc1. The molecule has 1 aromatic rings. The second-order valence-electron chi connectivity index (χ2n) is 6.82. The van der Waals surface area contributed by atoms with Crippen LogP contribution in [0.3, 0.4) is 0 Å². The summed E-state index contributed by atoms with van der Waals surface area (Å²) in [6, 6.07) is 10.7. The van der Waals surface area contributed by atoms with E-state index >= 15 is 0 Å². The summed E-state index contributed by atoms with van der Waals surface area (Å²) in [6.45, 7) is 8.37. The average molecular weight is 273 g/mol. The molecular formula is C17H27N3. The second-order valence-corrected chi connectivity index (χ2v) is 6.82. The number of hydrogen-bond donors (Lipinski definition) is 2. The van der Waals surface area contributed by atoms with E-state index in [2.05, 4.69) is 47.5 Å². The third-order valence-corrected chi connectivity index (χ3v) is 5.26. The lowest BCUT2D eigenvalue weighted by atomic mass is 9.73. The first-order chi connectivity index (χ1) is 9.69. The molecule has 0 aromatic heterocycles. The Morgan fingerprint density at radius 2 is 1.85 bits per heavy atom. The van der Waals surface area contributed by atoms with Crippen LogP contribution in [0, 0.1) is 11.3 Å². The van der Waals surface area contributed by atoms with Gasteiger partial charge in [-0.05, 0) is 42.8 Å². The molecular weight excluding hydrogens is 246 g/mol. The lowest BCUT2D eigenvalue weighted by Gasteiger charge is -2.49. The van der Waals surface area contributed by atoms with Gasteiger partial charge in [0, 0.05) is 25.7 Å². The third kappa shape index (κ3) is 2.90. The summed E-state index contributed by atoms with van der Waals surface area (Å²) in [5, 5.41) is 3.43. The number of nitrogens with two attached hydrogens (primary N) is 1. The summed E-state index contributed by atoms with van der Waals surface area (Å²) < 4.78 is 0. The van der Waals surface area contributed by atoms with Gasteiger partial charge in [0.2, 0.25) is 0 Å². The van der Waals surface area contributed by atoms with Crippen LogP contribution in [0.15, 0.2) is 30.3 Å². The van der Waals surface area contributed by atoms with E-state index < -0.39 is 0 Å². The minimum absolute atomic E-state index is 0.150. The standard InChI is InChI=1S/C17H27N3/c1-14(16(18)15-5-3-2-4-6-15)11-20-9-7-17(8-10-20)12-19-13-17/h2-6,14,16,19H,7-13,18H2,1H3/t14-,16+/m0/s1. The van der Waals surface area contributed by atoms with E-state index in [0.29, 0.717) is 11.3 Å². The van der Waals surface area contributed by atoms with Crippen molar-refractivity contribution < 1.29 is 0 Å². The molecule has 2 aliphatic heterocycles. The number of nitrogens with one attached hydrogen (secondary N) is 1. The van der Waals surface area contributed by atoms with E-state index in [0.717, 1.165) is 6.54 Å². The lowest BCUT2D eigenvalue weighted by Crippen LogP contribution is -2.58. The Balaban J connectivity index is 1.50. The van der Waals surface area contributed by atoms with Crippen LogP contribution in [0.2, 0.25) is 0 Å². The van der Waals surface area contributed by atoms with Crippen molar-refractivity contribution in [3.8, 4) is 0 Å². The highest BCUT2D eigenvalue weighted by atomic mass is 15.1. The molecule has 0 aliphatic carbocycles. The molecule has 0 amide bonds. The van der Waals surface area contributed by atoms with Gasteiger partial charge >= 0.3 is 0 Å².